The lowest BCUT2D eigenvalue weighted by Gasteiger charge is -2.43. The smallest absolute Gasteiger partial charge is 0.278 e. The summed E-state index contributed by atoms with van der Waals surface area (Å²) in [6.45, 7) is 0.929. The van der Waals surface area contributed by atoms with Crippen molar-refractivity contribution in [1.29, 1.82) is 0 Å². The molecule has 0 fully saturated rings. The minimum Gasteiger partial charge on any atom is -0.502 e. The second kappa shape index (κ2) is 7.64. The van der Waals surface area contributed by atoms with Crippen molar-refractivity contribution in [3.63, 3.8) is 0 Å². The second-order valence-corrected chi connectivity index (χ2v) is 7.33. The van der Waals surface area contributed by atoms with Crippen LogP contribution in [0, 0.1) is 0 Å². The fourth-order valence-electron chi connectivity index (χ4n) is 4.04. The number of benzene rings is 1. The lowest BCUT2D eigenvalue weighted by molar-refractivity contribution is 0.0701. The molecule has 0 aliphatic carbocycles. The number of fused-ring (bicyclic) bond motifs is 5. The molecule has 4 heterocycles. The van der Waals surface area contributed by atoms with E-state index in [2.05, 4.69) is 4.98 Å². The molecule has 1 aromatic carbocycles. The zero-order valence-corrected chi connectivity index (χ0v) is 16.6. The molecule has 0 spiro atoms. The van der Waals surface area contributed by atoms with Gasteiger partial charge in [0.05, 0.1) is 0 Å². The molecular weight excluding hydrogens is 396 g/mol. The summed E-state index contributed by atoms with van der Waals surface area (Å²) < 4.78 is 7.60. The van der Waals surface area contributed by atoms with Gasteiger partial charge in [0.15, 0.2) is 11.4 Å². The zero-order valence-electron chi connectivity index (χ0n) is 16.6. The summed E-state index contributed by atoms with van der Waals surface area (Å²) in [7, 11) is 0. The van der Waals surface area contributed by atoms with Crippen LogP contribution in [0.25, 0.3) is 0 Å². The van der Waals surface area contributed by atoms with Gasteiger partial charge >= 0.3 is 0 Å². The maximum Gasteiger partial charge on any atom is 0.278 e. The van der Waals surface area contributed by atoms with Crippen molar-refractivity contribution in [2.24, 2.45) is 0 Å². The number of nitrogens with zero attached hydrogens (tertiary/aromatic N) is 4. The average Bonchev–Trinajstić information content (AvgIpc) is 2.82. The molecule has 1 atom stereocenters. The van der Waals surface area contributed by atoms with Gasteiger partial charge in [-0.05, 0) is 29.8 Å². The molecule has 2 aliphatic heterocycles. The van der Waals surface area contributed by atoms with Crippen LogP contribution < -0.4 is 15.2 Å². The molecule has 0 radical (unpaired) electrons. The number of aromatic hydroxyl groups is 1. The Morgan fingerprint density at radius 2 is 1.84 bits per heavy atom. The molecule has 5 rings (SSSR count). The van der Waals surface area contributed by atoms with Crippen LogP contribution in [-0.2, 0) is 0 Å². The summed E-state index contributed by atoms with van der Waals surface area (Å²) in [5, 5.41) is 12.4. The first-order chi connectivity index (χ1) is 15.1. The van der Waals surface area contributed by atoms with E-state index in [0.29, 0.717) is 18.9 Å². The minimum absolute atomic E-state index is 0.0520. The van der Waals surface area contributed by atoms with Crippen LogP contribution in [0.2, 0.25) is 0 Å². The number of hydrogen-bond acceptors (Lipinski definition) is 6. The Hall–Kier alpha value is -4.07. The van der Waals surface area contributed by atoms with Gasteiger partial charge in [0.2, 0.25) is 5.43 Å². The van der Waals surface area contributed by atoms with E-state index in [1.54, 1.807) is 22.0 Å². The van der Waals surface area contributed by atoms with E-state index in [1.165, 1.54) is 12.3 Å². The van der Waals surface area contributed by atoms with Crippen LogP contribution in [0.15, 0.2) is 78.0 Å². The Balaban J connectivity index is 1.80. The van der Waals surface area contributed by atoms with Crippen molar-refractivity contribution in [2.45, 2.75) is 6.04 Å². The minimum atomic E-state index is -0.592. The summed E-state index contributed by atoms with van der Waals surface area (Å²) in [5.41, 5.74) is 1.17. The summed E-state index contributed by atoms with van der Waals surface area (Å²) in [5.74, 6) is -0.247. The van der Waals surface area contributed by atoms with Crippen molar-refractivity contribution in [3.05, 3.63) is 100 Å². The normalized spacial score (nSPS) is 19.0. The number of hydrogen-bond donors (Lipinski definition) is 1. The third kappa shape index (κ3) is 3.22. The highest BCUT2D eigenvalue weighted by Crippen LogP contribution is 2.36. The number of ether oxygens (including phenoxy) is 1. The van der Waals surface area contributed by atoms with E-state index in [1.807, 2.05) is 53.6 Å². The van der Waals surface area contributed by atoms with Gasteiger partial charge in [-0.3, -0.25) is 24.3 Å². The second-order valence-electron chi connectivity index (χ2n) is 7.33. The standard InChI is InChI=1S/C23H20N4O4/c28-18-9-13-26-21(22(18)29)23(30)25-12-3-4-14-31-19-6-2-1-5-17(19)20(27(26)15-25)16-7-10-24-11-8-16/h1-11,13,20,29H,12,14-15H2/b4-3-/t20-/m0/s1. The summed E-state index contributed by atoms with van der Waals surface area (Å²) in [6, 6.07) is 12.4. The Bertz CT molecular complexity index is 1220. The third-order valence-corrected chi connectivity index (χ3v) is 5.50. The van der Waals surface area contributed by atoms with E-state index < -0.39 is 17.1 Å². The lowest BCUT2D eigenvalue weighted by atomic mass is 9.98. The molecule has 8 nitrogen and oxygen atoms in total. The number of para-hydroxylation sites is 1. The first-order valence-corrected chi connectivity index (χ1v) is 9.92. The fraction of sp³-hybridized carbons (Fsp3) is 0.174. The maximum atomic E-state index is 13.1. The van der Waals surface area contributed by atoms with Crippen LogP contribution in [0.3, 0.4) is 0 Å². The monoisotopic (exact) mass is 416 g/mol. The van der Waals surface area contributed by atoms with Crippen LogP contribution in [0.5, 0.6) is 11.5 Å². The summed E-state index contributed by atoms with van der Waals surface area (Å²) in [4.78, 5) is 31.0. The Labute approximate surface area is 178 Å². The molecule has 1 N–H and O–H groups in total. The molecule has 0 saturated carbocycles. The zero-order chi connectivity index (χ0) is 21.4. The first kappa shape index (κ1) is 18.9. The average molecular weight is 416 g/mol. The van der Waals surface area contributed by atoms with Crippen molar-refractivity contribution in [1.82, 2.24) is 14.6 Å². The number of aromatic nitrogens is 2. The molecule has 156 valence electrons. The number of amides is 1. The third-order valence-electron chi connectivity index (χ3n) is 5.50. The van der Waals surface area contributed by atoms with Crippen molar-refractivity contribution >= 4 is 5.91 Å². The number of carbonyl (C=O) groups is 1. The van der Waals surface area contributed by atoms with Crippen molar-refractivity contribution < 1.29 is 14.6 Å². The lowest BCUT2D eigenvalue weighted by Crippen LogP contribution is -2.55. The Morgan fingerprint density at radius 1 is 1.03 bits per heavy atom. The van der Waals surface area contributed by atoms with Crippen LogP contribution >= 0.6 is 0 Å². The highest BCUT2D eigenvalue weighted by atomic mass is 16.5. The maximum absolute atomic E-state index is 13.1. The molecular formula is C23H20N4O4. The molecule has 2 aromatic heterocycles. The van der Waals surface area contributed by atoms with Gasteiger partial charge in [-0.15, -0.1) is 0 Å². The van der Waals surface area contributed by atoms with E-state index in [4.69, 9.17) is 4.74 Å². The molecule has 1 amide bonds. The SMILES string of the molecule is O=C1c2c(O)c(=O)ccn2N2CN1C/C=C\COc1ccccc1[C@@H]2c1ccncc1. The highest BCUT2D eigenvalue weighted by molar-refractivity contribution is 5.96. The topological polar surface area (TPSA) is 87.9 Å². The predicted octanol–water partition coefficient (Wildman–Crippen LogP) is 2.04. The largest absolute Gasteiger partial charge is 0.502 e. The van der Waals surface area contributed by atoms with E-state index >= 15 is 0 Å². The molecule has 2 bridgehead atoms. The van der Waals surface area contributed by atoms with Crippen LogP contribution in [-0.4, -0.2) is 45.4 Å². The molecule has 2 aliphatic rings. The summed E-state index contributed by atoms with van der Waals surface area (Å²) in [6.07, 6.45) is 8.65. The molecule has 0 unspecified atom stereocenters. The van der Waals surface area contributed by atoms with Gasteiger partial charge in [0, 0.05) is 36.8 Å². The number of pyridine rings is 2. The molecule has 31 heavy (non-hydrogen) atoms. The van der Waals surface area contributed by atoms with Crippen LogP contribution in [0.1, 0.15) is 27.7 Å². The van der Waals surface area contributed by atoms with Gasteiger partial charge in [0.1, 0.15) is 25.1 Å². The quantitative estimate of drug-likeness (QED) is 0.611. The van der Waals surface area contributed by atoms with E-state index in [0.717, 1.165) is 11.1 Å². The van der Waals surface area contributed by atoms with Gasteiger partial charge in [-0.25, -0.2) is 0 Å². The molecule has 8 heteroatoms. The predicted molar refractivity (Wildman–Crippen MR) is 114 cm³/mol. The van der Waals surface area contributed by atoms with Gasteiger partial charge < -0.3 is 14.7 Å². The Morgan fingerprint density at radius 3 is 2.68 bits per heavy atom. The highest BCUT2D eigenvalue weighted by Gasteiger charge is 2.37. The van der Waals surface area contributed by atoms with Gasteiger partial charge in [0.25, 0.3) is 5.91 Å². The molecule has 0 saturated heterocycles. The van der Waals surface area contributed by atoms with Crippen molar-refractivity contribution in [2.75, 3.05) is 24.8 Å². The molecule has 3 aromatic rings. The summed E-state index contributed by atoms with van der Waals surface area (Å²) >= 11 is 0. The van der Waals surface area contributed by atoms with E-state index in [9.17, 15) is 14.7 Å². The van der Waals surface area contributed by atoms with Gasteiger partial charge in [-0.1, -0.05) is 24.3 Å². The van der Waals surface area contributed by atoms with Gasteiger partial charge in [-0.2, -0.15) is 0 Å². The Kier molecular flexibility index (Phi) is 4.66. The first-order valence-electron chi connectivity index (χ1n) is 9.92. The van der Waals surface area contributed by atoms with E-state index in [-0.39, 0.29) is 18.4 Å². The number of carbonyl (C=O) groups excluding carboxylic acids is 1. The fourth-order valence-corrected chi connectivity index (χ4v) is 4.04. The van der Waals surface area contributed by atoms with Crippen molar-refractivity contribution in [3.8, 4) is 11.5 Å². The van der Waals surface area contributed by atoms with Crippen LogP contribution in [0.4, 0.5) is 0 Å². The number of rotatable bonds is 1.